The van der Waals surface area contributed by atoms with Gasteiger partial charge in [-0.3, -0.25) is 0 Å². The molecular formula is C14H19NO3. The Morgan fingerprint density at radius 3 is 2.83 bits per heavy atom. The molecule has 4 heteroatoms. The van der Waals surface area contributed by atoms with E-state index in [4.69, 9.17) is 10.5 Å². The van der Waals surface area contributed by atoms with E-state index in [1.165, 1.54) is 13.5 Å². The Kier molecular flexibility index (Phi) is 4.20. The van der Waals surface area contributed by atoms with Gasteiger partial charge in [0.25, 0.3) is 0 Å². The van der Waals surface area contributed by atoms with Crippen molar-refractivity contribution in [2.45, 2.75) is 37.8 Å². The summed E-state index contributed by atoms with van der Waals surface area (Å²) < 4.78 is 10.6. The molecule has 1 aliphatic carbocycles. The summed E-state index contributed by atoms with van der Waals surface area (Å²) in [4.78, 5) is 11.4. The van der Waals surface area contributed by atoms with Crippen LogP contribution in [-0.4, -0.2) is 25.2 Å². The maximum absolute atomic E-state index is 11.4. The third-order valence-corrected chi connectivity index (χ3v) is 3.30. The molecule has 0 aliphatic heterocycles. The molecular weight excluding hydrogens is 230 g/mol. The minimum Gasteiger partial charge on any atom is -0.489 e. The predicted molar refractivity (Wildman–Crippen MR) is 68.6 cm³/mol. The van der Waals surface area contributed by atoms with Crippen molar-refractivity contribution >= 4 is 5.97 Å². The number of hydrogen-bond donors (Lipinski definition) is 1. The van der Waals surface area contributed by atoms with E-state index in [1.54, 1.807) is 18.2 Å². The first-order chi connectivity index (χ1) is 8.70. The number of carbonyl (C=O) groups excluding carboxylic acids is 1. The van der Waals surface area contributed by atoms with E-state index >= 15 is 0 Å². The summed E-state index contributed by atoms with van der Waals surface area (Å²) in [6, 6.07) is 7.12. The van der Waals surface area contributed by atoms with Crippen LogP contribution in [0.25, 0.3) is 0 Å². The Morgan fingerprint density at radius 2 is 2.11 bits per heavy atom. The highest BCUT2D eigenvalue weighted by atomic mass is 16.5. The average Bonchev–Trinajstić information content (AvgIpc) is 2.41. The van der Waals surface area contributed by atoms with Gasteiger partial charge in [-0.15, -0.1) is 0 Å². The lowest BCUT2D eigenvalue weighted by Crippen LogP contribution is -2.41. The van der Waals surface area contributed by atoms with Gasteiger partial charge in [0.05, 0.1) is 12.7 Å². The fraction of sp³-hybridized carbons (Fsp3) is 0.500. The lowest BCUT2D eigenvalue weighted by atomic mass is 9.93. The van der Waals surface area contributed by atoms with Crippen LogP contribution in [0.5, 0.6) is 5.75 Å². The zero-order valence-electron chi connectivity index (χ0n) is 10.6. The van der Waals surface area contributed by atoms with Crippen LogP contribution in [0, 0.1) is 0 Å². The van der Waals surface area contributed by atoms with Gasteiger partial charge in [-0.25, -0.2) is 4.79 Å². The molecule has 0 amide bonds. The van der Waals surface area contributed by atoms with Gasteiger partial charge in [0.1, 0.15) is 11.9 Å². The van der Waals surface area contributed by atoms with Crippen LogP contribution in [0.1, 0.15) is 36.0 Å². The van der Waals surface area contributed by atoms with Gasteiger partial charge in [0.2, 0.25) is 0 Å². The third-order valence-electron chi connectivity index (χ3n) is 3.30. The maximum atomic E-state index is 11.4. The zero-order valence-corrected chi connectivity index (χ0v) is 10.6. The van der Waals surface area contributed by atoms with Crippen molar-refractivity contribution in [3.8, 4) is 5.75 Å². The van der Waals surface area contributed by atoms with Crippen molar-refractivity contribution in [1.82, 2.24) is 0 Å². The van der Waals surface area contributed by atoms with E-state index < -0.39 is 0 Å². The van der Waals surface area contributed by atoms with Crippen molar-refractivity contribution in [2.24, 2.45) is 5.73 Å². The topological polar surface area (TPSA) is 61.5 Å². The molecule has 1 fully saturated rings. The number of ether oxygens (including phenoxy) is 2. The molecule has 0 spiro atoms. The Balaban J connectivity index is 2.06. The summed E-state index contributed by atoms with van der Waals surface area (Å²) in [5, 5.41) is 0. The van der Waals surface area contributed by atoms with E-state index in [-0.39, 0.29) is 18.1 Å². The number of nitrogens with two attached hydrogens (primary N) is 1. The van der Waals surface area contributed by atoms with Crippen LogP contribution in [0.3, 0.4) is 0 Å². The summed E-state index contributed by atoms with van der Waals surface area (Å²) in [7, 11) is 1.37. The van der Waals surface area contributed by atoms with E-state index in [1.807, 2.05) is 6.07 Å². The van der Waals surface area contributed by atoms with Crippen LogP contribution in [0.15, 0.2) is 24.3 Å². The fourth-order valence-electron chi connectivity index (χ4n) is 2.26. The molecule has 1 aromatic carbocycles. The van der Waals surface area contributed by atoms with Crippen molar-refractivity contribution in [3.05, 3.63) is 29.8 Å². The van der Waals surface area contributed by atoms with Gasteiger partial charge in [-0.1, -0.05) is 12.5 Å². The number of benzene rings is 1. The number of methoxy groups -OCH3 is 1. The number of esters is 1. The molecule has 98 valence electrons. The smallest absolute Gasteiger partial charge is 0.337 e. The van der Waals surface area contributed by atoms with Crippen molar-refractivity contribution in [3.63, 3.8) is 0 Å². The maximum Gasteiger partial charge on any atom is 0.337 e. The van der Waals surface area contributed by atoms with Crippen molar-refractivity contribution in [2.75, 3.05) is 7.11 Å². The summed E-state index contributed by atoms with van der Waals surface area (Å²) in [5.74, 6) is 0.327. The second kappa shape index (κ2) is 5.87. The lowest BCUT2D eigenvalue weighted by molar-refractivity contribution is 0.0599. The first kappa shape index (κ1) is 12.9. The number of carbonyl (C=O) groups is 1. The molecule has 0 bridgehead atoms. The van der Waals surface area contributed by atoms with Gasteiger partial charge >= 0.3 is 5.97 Å². The highest BCUT2D eigenvalue weighted by Crippen LogP contribution is 2.23. The largest absolute Gasteiger partial charge is 0.489 e. The molecule has 0 heterocycles. The molecule has 0 aromatic heterocycles. The highest BCUT2D eigenvalue weighted by molar-refractivity contribution is 5.89. The highest BCUT2D eigenvalue weighted by Gasteiger charge is 2.23. The van der Waals surface area contributed by atoms with E-state index in [2.05, 4.69) is 4.74 Å². The van der Waals surface area contributed by atoms with Crippen molar-refractivity contribution in [1.29, 1.82) is 0 Å². The Bertz CT molecular complexity index is 419. The summed E-state index contributed by atoms with van der Waals surface area (Å²) in [6.45, 7) is 0. The van der Waals surface area contributed by atoms with Gasteiger partial charge in [-0.2, -0.15) is 0 Å². The quantitative estimate of drug-likeness (QED) is 0.833. The monoisotopic (exact) mass is 249 g/mol. The van der Waals surface area contributed by atoms with E-state index in [9.17, 15) is 4.79 Å². The summed E-state index contributed by atoms with van der Waals surface area (Å²) in [6.07, 6.45) is 4.34. The van der Waals surface area contributed by atoms with E-state index in [0.717, 1.165) is 19.3 Å². The Morgan fingerprint density at radius 1 is 1.33 bits per heavy atom. The van der Waals surface area contributed by atoms with Gasteiger partial charge in [0.15, 0.2) is 0 Å². The fourth-order valence-corrected chi connectivity index (χ4v) is 2.26. The Labute approximate surface area is 107 Å². The molecule has 2 N–H and O–H groups in total. The molecule has 0 radical (unpaired) electrons. The molecule has 2 unspecified atom stereocenters. The standard InChI is InChI=1S/C14H19NO3/c1-17-14(16)10-5-4-6-11(9-10)18-13-8-3-2-7-12(13)15/h4-6,9,12-13H,2-3,7-8,15H2,1H3. The van der Waals surface area contributed by atoms with Crippen LogP contribution in [0.4, 0.5) is 0 Å². The molecule has 1 aromatic rings. The lowest BCUT2D eigenvalue weighted by Gasteiger charge is -2.29. The second-order valence-corrected chi connectivity index (χ2v) is 4.62. The molecule has 18 heavy (non-hydrogen) atoms. The SMILES string of the molecule is COC(=O)c1cccc(OC2CCCCC2N)c1. The molecule has 2 rings (SSSR count). The predicted octanol–water partition coefficient (Wildman–Crippen LogP) is 2.12. The molecule has 4 nitrogen and oxygen atoms in total. The van der Waals surface area contributed by atoms with Crippen LogP contribution >= 0.6 is 0 Å². The summed E-state index contributed by atoms with van der Waals surface area (Å²) >= 11 is 0. The molecule has 2 atom stereocenters. The second-order valence-electron chi connectivity index (χ2n) is 4.62. The Hall–Kier alpha value is -1.55. The third kappa shape index (κ3) is 3.01. The van der Waals surface area contributed by atoms with Gasteiger partial charge in [0, 0.05) is 6.04 Å². The van der Waals surface area contributed by atoms with Gasteiger partial charge in [-0.05, 0) is 37.5 Å². The zero-order chi connectivity index (χ0) is 13.0. The first-order valence-corrected chi connectivity index (χ1v) is 6.31. The van der Waals surface area contributed by atoms with Gasteiger partial charge < -0.3 is 15.2 Å². The van der Waals surface area contributed by atoms with Crippen LogP contribution < -0.4 is 10.5 Å². The van der Waals surface area contributed by atoms with Crippen LogP contribution in [0.2, 0.25) is 0 Å². The number of rotatable bonds is 3. The molecule has 1 saturated carbocycles. The summed E-state index contributed by atoms with van der Waals surface area (Å²) in [5.41, 5.74) is 6.53. The average molecular weight is 249 g/mol. The van der Waals surface area contributed by atoms with E-state index in [0.29, 0.717) is 11.3 Å². The minimum absolute atomic E-state index is 0.0478. The minimum atomic E-state index is -0.353. The van der Waals surface area contributed by atoms with Crippen molar-refractivity contribution < 1.29 is 14.3 Å². The number of hydrogen-bond acceptors (Lipinski definition) is 4. The van der Waals surface area contributed by atoms with Crippen LogP contribution in [-0.2, 0) is 4.74 Å². The first-order valence-electron chi connectivity index (χ1n) is 6.31. The molecule has 0 saturated heterocycles. The normalized spacial score (nSPS) is 23.4. The molecule has 1 aliphatic rings.